The Morgan fingerprint density at radius 3 is 2.56 bits per heavy atom. The predicted molar refractivity (Wildman–Crippen MR) is 92.5 cm³/mol. The summed E-state index contributed by atoms with van der Waals surface area (Å²) in [5.74, 6) is -0.0506. The molecule has 1 aliphatic heterocycles. The van der Waals surface area contributed by atoms with Crippen LogP contribution in [0.2, 0.25) is 0 Å². The predicted octanol–water partition coefficient (Wildman–Crippen LogP) is 2.55. The first-order valence-corrected chi connectivity index (χ1v) is 8.29. The Hall–Kier alpha value is -2.63. The molecule has 0 saturated carbocycles. The maximum atomic E-state index is 13.5. The molecule has 1 aliphatic rings. The molecule has 1 fully saturated rings. The number of carbonyl (C=O) groups is 1. The van der Waals surface area contributed by atoms with Crippen molar-refractivity contribution in [2.45, 2.75) is 18.8 Å². The molecular weight excluding hydrogens is 323 g/mol. The van der Waals surface area contributed by atoms with Gasteiger partial charge in [-0.25, -0.2) is 4.39 Å². The second-order valence-electron chi connectivity index (χ2n) is 6.32. The molecule has 1 aromatic heterocycles. The standard InChI is InChI=1S/C19H21FN2O3/c1-21-8-5-14(11-18(21)23)13-6-9-22(10-7-13)19(24)16-12-15(20)3-4-17(16)25-2/h3-5,8,11-13H,6-7,9-10H2,1-2H3. The fourth-order valence-corrected chi connectivity index (χ4v) is 3.25. The summed E-state index contributed by atoms with van der Waals surface area (Å²) in [6.45, 7) is 1.14. The molecule has 0 N–H and O–H groups in total. The van der Waals surface area contributed by atoms with Crippen LogP contribution in [0.5, 0.6) is 5.75 Å². The third-order valence-electron chi connectivity index (χ3n) is 4.77. The lowest BCUT2D eigenvalue weighted by molar-refractivity contribution is 0.0709. The zero-order valence-corrected chi connectivity index (χ0v) is 14.4. The first-order valence-electron chi connectivity index (χ1n) is 8.29. The van der Waals surface area contributed by atoms with Crippen LogP contribution >= 0.6 is 0 Å². The van der Waals surface area contributed by atoms with Crippen molar-refractivity contribution in [3.63, 3.8) is 0 Å². The number of amides is 1. The number of halogens is 1. The minimum absolute atomic E-state index is 0.0273. The summed E-state index contributed by atoms with van der Waals surface area (Å²) in [6.07, 6.45) is 3.32. The Morgan fingerprint density at radius 1 is 1.20 bits per heavy atom. The van der Waals surface area contributed by atoms with Crippen LogP contribution in [0, 0.1) is 5.82 Å². The first-order chi connectivity index (χ1) is 12.0. The molecule has 6 heteroatoms. The highest BCUT2D eigenvalue weighted by Crippen LogP contribution is 2.29. The van der Waals surface area contributed by atoms with Crippen molar-refractivity contribution in [1.82, 2.24) is 9.47 Å². The van der Waals surface area contributed by atoms with Crippen molar-refractivity contribution in [1.29, 1.82) is 0 Å². The van der Waals surface area contributed by atoms with Crippen molar-refractivity contribution in [2.75, 3.05) is 20.2 Å². The van der Waals surface area contributed by atoms with Crippen LogP contribution in [0.3, 0.4) is 0 Å². The maximum Gasteiger partial charge on any atom is 0.257 e. The van der Waals surface area contributed by atoms with Crippen molar-refractivity contribution >= 4 is 5.91 Å². The molecule has 0 unspecified atom stereocenters. The minimum Gasteiger partial charge on any atom is -0.496 e. The van der Waals surface area contributed by atoms with Crippen molar-refractivity contribution in [3.8, 4) is 5.75 Å². The SMILES string of the molecule is COc1ccc(F)cc1C(=O)N1CCC(c2ccn(C)c(=O)c2)CC1. The van der Waals surface area contributed by atoms with Gasteiger partial charge in [0, 0.05) is 32.4 Å². The summed E-state index contributed by atoms with van der Waals surface area (Å²) in [7, 11) is 3.19. The molecule has 2 aromatic rings. The Morgan fingerprint density at radius 2 is 1.92 bits per heavy atom. The average molecular weight is 344 g/mol. The Kier molecular flexibility index (Phi) is 4.88. The van der Waals surface area contributed by atoms with Gasteiger partial charge in [0.25, 0.3) is 11.5 Å². The molecule has 0 atom stereocenters. The Labute approximate surface area is 145 Å². The quantitative estimate of drug-likeness (QED) is 0.860. The Bertz CT molecular complexity index is 839. The molecule has 3 rings (SSSR count). The third-order valence-corrected chi connectivity index (χ3v) is 4.77. The second kappa shape index (κ2) is 7.09. The molecule has 5 nitrogen and oxygen atoms in total. The van der Waals surface area contributed by atoms with Crippen molar-refractivity contribution < 1.29 is 13.9 Å². The summed E-state index contributed by atoms with van der Waals surface area (Å²) >= 11 is 0. The number of hydrogen-bond donors (Lipinski definition) is 0. The minimum atomic E-state index is -0.459. The monoisotopic (exact) mass is 344 g/mol. The molecule has 0 spiro atoms. The van der Waals surface area contributed by atoms with E-state index in [1.54, 1.807) is 28.8 Å². The van der Waals surface area contributed by atoms with Gasteiger partial charge in [0.1, 0.15) is 11.6 Å². The fourth-order valence-electron chi connectivity index (χ4n) is 3.25. The van der Waals surface area contributed by atoms with Crippen LogP contribution in [0.1, 0.15) is 34.7 Å². The normalized spacial score (nSPS) is 15.2. The van der Waals surface area contributed by atoms with Gasteiger partial charge in [-0.1, -0.05) is 0 Å². The number of rotatable bonds is 3. The van der Waals surface area contributed by atoms with Crippen LogP contribution < -0.4 is 10.3 Å². The number of aryl methyl sites for hydroxylation is 1. The van der Waals surface area contributed by atoms with E-state index < -0.39 is 5.82 Å². The molecule has 0 aliphatic carbocycles. The zero-order chi connectivity index (χ0) is 18.0. The highest BCUT2D eigenvalue weighted by Gasteiger charge is 2.26. The van der Waals surface area contributed by atoms with Crippen molar-refractivity contribution in [3.05, 3.63) is 63.8 Å². The summed E-state index contributed by atoms with van der Waals surface area (Å²) in [5, 5.41) is 0. The molecule has 0 radical (unpaired) electrons. The number of pyridine rings is 1. The molecular formula is C19H21FN2O3. The van der Waals surface area contributed by atoms with Crippen molar-refractivity contribution in [2.24, 2.45) is 7.05 Å². The fraction of sp³-hybridized carbons (Fsp3) is 0.368. The first kappa shape index (κ1) is 17.2. The van der Waals surface area contributed by atoms with Gasteiger partial charge in [-0.15, -0.1) is 0 Å². The van der Waals surface area contributed by atoms with Gasteiger partial charge in [-0.2, -0.15) is 0 Å². The molecule has 132 valence electrons. The number of nitrogens with zero attached hydrogens (tertiary/aromatic N) is 2. The highest BCUT2D eigenvalue weighted by molar-refractivity contribution is 5.97. The summed E-state index contributed by atoms with van der Waals surface area (Å²) in [6, 6.07) is 7.58. The summed E-state index contributed by atoms with van der Waals surface area (Å²) in [5.41, 5.74) is 1.23. The number of hydrogen-bond acceptors (Lipinski definition) is 3. The molecule has 1 amide bonds. The van der Waals surface area contributed by atoms with Gasteiger partial charge in [0.2, 0.25) is 0 Å². The van der Waals surface area contributed by atoms with Gasteiger partial charge in [0.05, 0.1) is 12.7 Å². The van der Waals surface area contributed by atoms with Crippen LogP contribution in [0.15, 0.2) is 41.3 Å². The van der Waals surface area contributed by atoms with E-state index in [0.717, 1.165) is 18.4 Å². The zero-order valence-electron chi connectivity index (χ0n) is 14.4. The molecule has 0 bridgehead atoms. The molecule has 1 aromatic carbocycles. The number of carbonyl (C=O) groups excluding carboxylic acids is 1. The van der Waals surface area contributed by atoms with E-state index in [4.69, 9.17) is 4.74 Å². The Balaban J connectivity index is 1.71. The number of benzene rings is 1. The van der Waals surface area contributed by atoms with Gasteiger partial charge >= 0.3 is 0 Å². The lowest BCUT2D eigenvalue weighted by Gasteiger charge is -2.32. The average Bonchev–Trinajstić information content (AvgIpc) is 2.63. The van der Waals surface area contributed by atoms with Crippen LogP contribution in [-0.4, -0.2) is 35.6 Å². The molecule has 1 saturated heterocycles. The van der Waals surface area contributed by atoms with Gasteiger partial charge in [-0.3, -0.25) is 9.59 Å². The van der Waals surface area contributed by atoms with E-state index in [2.05, 4.69) is 0 Å². The van der Waals surface area contributed by atoms with E-state index in [-0.39, 0.29) is 22.9 Å². The van der Waals surface area contributed by atoms with Gasteiger partial charge in [-0.05, 0) is 48.6 Å². The molecule has 2 heterocycles. The number of likely N-dealkylation sites (tertiary alicyclic amines) is 1. The number of aromatic nitrogens is 1. The summed E-state index contributed by atoms with van der Waals surface area (Å²) < 4.78 is 20.2. The van der Waals surface area contributed by atoms with Crippen LogP contribution in [0.4, 0.5) is 4.39 Å². The number of methoxy groups -OCH3 is 1. The lowest BCUT2D eigenvalue weighted by atomic mass is 9.90. The topological polar surface area (TPSA) is 51.5 Å². The number of piperidine rings is 1. The van der Waals surface area contributed by atoms with E-state index in [0.29, 0.717) is 18.8 Å². The van der Waals surface area contributed by atoms with Gasteiger partial charge < -0.3 is 14.2 Å². The smallest absolute Gasteiger partial charge is 0.257 e. The molecule has 25 heavy (non-hydrogen) atoms. The maximum absolute atomic E-state index is 13.5. The van der Waals surface area contributed by atoms with Crippen LogP contribution in [-0.2, 0) is 7.05 Å². The largest absolute Gasteiger partial charge is 0.496 e. The van der Waals surface area contributed by atoms with E-state index in [9.17, 15) is 14.0 Å². The number of ether oxygens (including phenoxy) is 1. The second-order valence-corrected chi connectivity index (χ2v) is 6.32. The third kappa shape index (κ3) is 3.57. The van der Waals surface area contributed by atoms with E-state index in [1.807, 2.05) is 6.07 Å². The lowest BCUT2D eigenvalue weighted by Crippen LogP contribution is -2.38. The van der Waals surface area contributed by atoms with Crippen LogP contribution in [0.25, 0.3) is 0 Å². The van der Waals surface area contributed by atoms with Gasteiger partial charge in [0.15, 0.2) is 0 Å². The highest BCUT2D eigenvalue weighted by atomic mass is 19.1. The summed E-state index contributed by atoms with van der Waals surface area (Å²) in [4.78, 5) is 26.2. The van der Waals surface area contributed by atoms with E-state index in [1.165, 1.54) is 25.3 Å². The van der Waals surface area contributed by atoms with E-state index >= 15 is 0 Å².